The minimum atomic E-state index is -0.321. The summed E-state index contributed by atoms with van der Waals surface area (Å²) in [5, 5.41) is 20.7. The van der Waals surface area contributed by atoms with Crippen LogP contribution in [0.3, 0.4) is 0 Å². The van der Waals surface area contributed by atoms with Gasteiger partial charge in [-0.25, -0.2) is 4.98 Å². The number of nitrogens with one attached hydrogen (secondary N) is 2. The average Bonchev–Trinajstić information content (AvgIpc) is 4.05. The van der Waals surface area contributed by atoms with E-state index in [1.54, 1.807) is 0 Å². The van der Waals surface area contributed by atoms with Gasteiger partial charge in [0.2, 0.25) is 0 Å². The first kappa shape index (κ1) is 32.6. The molecule has 0 spiro atoms. The number of rotatable bonds is 6. The zero-order valence-electron chi connectivity index (χ0n) is 29.4. The molecular formula is C48H34N6. The molecule has 0 fully saturated rings. The number of H-pyrrole nitrogens is 2. The van der Waals surface area contributed by atoms with E-state index in [4.69, 9.17) is 9.97 Å². The topological polar surface area (TPSA) is 105 Å². The molecule has 4 aromatic carbocycles. The Morgan fingerprint density at radius 3 is 1.06 bits per heavy atom. The highest BCUT2D eigenvalue weighted by atomic mass is 14.8. The highest BCUT2D eigenvalue weighted by Gasteiger charge is 2.37. The zero-order chi connectivity index (χ0) is 36.4. The smallest absolute Gasteiger partial charge is 0.0737 e. The number of fused-ring (bicyclic) bond motifs is 8. The van der Waals surface area contributed by atoms with E-state index in [1.807, 2.05) is 72.8 Å². The Morgan fingerprint density at radius 2 is 0.722 bits per heavy atom. The van der Waals surface area contributed by atoms with Gasteiger partial charge in [-0.1, -0.05) is 121 Å². The summed E-state index contributed by atoms with van der Waals surface area (Å²) in [6.07, 6.45) is 4.63. The largest absolute Gasteiger partial charge is 0.354 e. The van der Waals surface area contributed by atoms with Crippen molar-refractivity contribution in [3.8, 4) is 56.6 Å². The van der Waals surface area contributed by atoms with Crippen LogP contribution in [0.2, 0.25) is 0 Å². The first-order valence-electron chi connectivity index (χ1n) is 18.2. The fraction of sp³-hybridized carbons (Fsp3) is 0.0833. The first-order chi connectivity index (χ1) is 26.7. The second-order valence-corrected chi connectivity index (χ2v) is 13.6. The summed E-state index contributed by atoms with van der Waals surface area (Å²) < 4.78 is 0. The molecule has 0 radical (unpaired) electrons. The van der Waals surface area contributed by atoms with Gasteiger partial charge in [-0.15, -0.1) is 0 Å². The number of aromatic nitrogens is 4. The Morgan fingerprint density at radius 1 is 0.407 bits per heavy atom. The fourth-order valence-electron chi connectivity index (χ4n) is 8.03. The van der Waals surface area contributed by atoms with E-state index in [1.165, 1.54) is 0 Å². The quantitative estimate of drug-likeness (QED) is 0.181. The second kappa shape index (κ2) is 14.0. The number of aromatic amines is 2. The van der Waals surface area contributed by atoms with E-state index in [0.717, 1.165) is 89.4 Å². The van der Waals surface area contributed by atoms with E-state index in [0.29, 0.717) is 0 Å². The lowest BCUT2D eigenvalue weighted by molar-refractivity contribution is 0.582. The van der Waals surface area contributed by atoms with Crippen LogP contribution in [0.15, 0.2) is 146 Å². The van der Waals surface area contributed by atoms with Crippen molar-refractivity contribution >= 4 is 34.2 Å². The lowest BCUT2D eigenvalue weighted by atomic mass is 9.81. The Labute approximate surface area is 313 Å². The fourth-order valence-corrected chi connectivity index (χ4v) is 8.03. The third-order valence-corrected chi connectivity index (χ3v) is 10.4. The first-order valence-corrected chi connectivity index (χ1v) is 18.2. The van der Waals surface area contributed by atoms with Crippen LogP contribution < -0.4 is 0 Å². The number of hydrogen-bond acceptors (Lipinski definition) is 4. The molecular weight excluding hydrogens is 661 g/mol. The minimum absolute atomic E-state index is 0.212. The third kappa shape index (κ3) is 5.77. The summed E-state index contributed by atoms with van der Waals surface area (Å²) in [6, 6.07) is 54.5. The van der Waals surface area contributed by atoms with Crippen molar-refractivity contribution in [1.82, 2.24) is 19.9 Å². The Bertz CT molecular complexity index is 2600. The van der Waals surface area contributed by atoms with Gasteiger partial charge in [0.25, 0.3) is 0 Å². The van der Waals surface area contributed by atoms with Crippen molar-refractivity contribution in [2.75, 3.05) is 0 Å². The van der Waals surface area contributed by atoms with Crippen molar-refractivity contribution < 1.29 is 0 Å². The maximum absolute atomic E-state index is 10.3. The Kier molecular flexibility index (Phi) is 8.48. The molecule has 8 bridgehead atoms. The SMILES string of the molecule is N#CC[C@@H]1c2nc(c(-c3ccccc3)c3ccc([nH]3)c(-c3ccccc3)c3nc(c(-c4ccccc4)c4ccc([nH]4)c2-c2ccccc2)C=C3)[C@H]1CC#N. The lowest BCUT2D eigenvalue weighted by Crippen LogP contribution is -2.07. The van der Waals surface area contributed by atoms with E-state index < -0.39 is 0 Å². The molecule has 0 saturated carbocycles. The van der Waals surface area contributed by atoms with Crippen molar-refractivity contribution in [2.24, 2.45) is 0 Å². The Balaban J connectivity index is 1.53. The molecule has 256 valence electrons. The van der Waals surface area contributed by atoms with Crippen LogP contribution in [-0.2, 0) is 0 Å². The van der Waals surface area contributed by atoms with Gasteiger partial charge in [-0.3, -0.25) is 4.98 Å². The van der Waals surface area contributed by atoms with Gasteiger partial charge < -0.3 is 9.97 Å². The van der Waals surface area contributed by atoms with E-state index >= 15 is 0 Å². The van der Waals surface area contributed by atoms with Crippen molar-refractivity contribution in [3.63, 3.8) is 0 Å². The molecule has 6 nitrogen and oxygen atoms in total. The van der Waals surface area contributed by atoms with Gasteiger partial charge in [-0.2, -0.15) is 10.5 Å². The maximum atomic E-state index is 10.3. The molecule has 3 aromatic heterocycles. The van der Waals surface area contributed by atoms with Crippen LogP contribution in [0.5, 0.6) is 0 Å². The highest BCUT2D eigenvalue weighted by molar-refractivity contribution is 5.97. The summed E-state index contributed by atoms with van der Waals surface area (Å²) in [6.45, 7) is 0. The van der Waals surface area contributed by atoms with Crippen LogP contribution >= 0.6 is 0 Å². The number of benzene rings is 4. The average molecular weight is 695 g/mol. The normalized spacial score (nSPS) is 14.7. The van der Waals surface area contributed by atoms with Crippen molar-refractivity contribution in [3.05, 3.63) is 168 Å². The zero-order valence-corrected chi connectivity index (χ0v) is 29.4. The second-order valence-electron chi connectivity index (χ2n) is 13.6. The molecule has 9 rings (SSSR count). The van der Waals surface area contributed by atoms with Crippen molar-refractivity contribution in [1.29, 1.82) is 10.5 Å². The predicted octanol–water partition coefficient (Wildman–Crippen LogP) is 11.8. The molecule has 0 amide bonds. The molecule has 2 aliphatic heterocycles. The molecule has 0 unspecified atom stereocenters. The number of hydrogen-bond donors (Lipinski definition) is 2. The molecule has 6 heteroatoms. The summed E-state index contributed by atoms with van der Waals surface area (Å²) in [5.74, 6) is -0.642. The Hall–Kier alpha value is -7.28. The molecule has 2 N–H and O–H groups in total. The van der Waals surface area contributed by atoms with Gasteiger partial charge in [0.1, 0.15) is 0 Å². The third-order valence-electron chi connectivity index (χ3n) is 10.4. The van der Waals surface area contributed by atoms with Crippen LogP contribution in [0.25, 0.3) is 78.7 Å². The molecule has 2 aliphatic rings. The molecule has 0 aliphatic carbocycles. The molecule has 54 heavy (non-hydrogen) atoms. The van der Waals surface area contributed by atoms with Crippen molar-refractivity contribution in [2.45, 2.75) is 24.7 Å². The number of nitrogens with zero attached hydrogens (tertiary/aromatic N) is 4. The maximum Gasteiger partial charge on any atom is 0.0737 e. The summed E-state index contributed by atoms with van der Waals surface area (Å²) in [5.41, 5.74) is 14.7. The monoisotopic (exact) mass is 694 g/mol. The summed E-state index contributed by atoms with van der Waals surface area (Å²) in [4.78, 5) is 18.5. The molecule has 2 atom stereocenters. The van der Waals surface area contributed by atoms with E-state index in [-0.39, 0.29) is 24.7 Å². The molecule has 0 saturated heterocycles. The van der Waals surface area contributed by atoms with Gasteiger partial charge in [-0.05, 0) is 58.7 Å². The summed E-state index contributed by atoms with van der Waals surface area (Å²) in [7, 11) is 0. The van der Waals surface area contributed by atoms with Gasteiger partial charge >= 0.3 is 0 Å². The van der Waals surface area contributed by atoms with Gasteiger partial charge in [0, 0.05) is 69.0 Å². The van der Waals surface area contributed by atoms with Crippen LogP contribution in [0, 0.1) is 22.7 Å². The van der Waals surface area contributed by atoms with E-state index in [9.17, 15) is 10.5 Å². The van der Waals surface area contributed by atoms with Gasteiger partial charge in [0.15, 0.2) is 0 Å². The minimum Gasteiger partial charge on any atom is -0.354 e. The molecule has 7 aromatic rings. The molecule has 5 heterocycles. The van der Waals surface area contributed by atoms with Crippen LogP contribution in [-0.4, -0.2) is 19.9 Å². The van der Waals surface area contributed by atoms with E-state index in [2.05, 4.69) is 107 Å². The standard InChI is InChI=1S/C48H34N6/c49-29-27-35-36(28-30-50)48-46(34-19-11-4-12-20-34)42-26-24-40(53-42)44(32-15-7-2-8-16-32)38-22-21-37(51-38)43(31-13-5-1-6-14-31)39-23-25-41(52-39)45(47(35)54-48)33-17-9-3-10-18-33/h1-26,35-36,52-53H,27-28H2/t35-,36-/m0/s1. The summed E-state index contributed by atoms with van der Waals surface area (Å²) >= 11 is 0. The predicted molar refractivity (Wildman–Crippen MR) is 218 cm³/mol. The highest BCUT2D eigenvalue weighted by Crippen LogP contribution is 2.49. The number of nitriles is 2. The van der Waals surface area contributed by atoms with Crippen LogP contribution in [0.4, 0.5) is 0 Å². The lowest BCUT2D eigenvalue weighted by Gasteiger charge is -2.18. The van der Waals surface area contributed by atoms with Gasteiger partial charge in [0.05, 0.1) is 34.9 Å². The van der Waals surface area contributed by atoms with Crippen LogP contribution in [0.1, 0.15) is 47.5 Å².